The zero-order chi connectivity index (χ0) is 15.8. The third kappa shape index (κ3) is 1.34. The zero-order valence-corrected chi connectivity index (χ0v) is 13.3. The second-order valence-corrected chi connectivity index (χ2v) is 7.46. The Kier molecular flexibility index (Phi) is 2.45. The van der Waals surface area contributed by atoms with Crippen LogP contribution >= 0.6 is 0 Å². The van der Waals surface area contributed by atoms with Crippen LogP contribution in [0.15, 0.2) is 12.5 Å². The minimum absolute atomic E-state index is 0.0730. The number of hydrogen-bond donors (Lipinski definition) is 0. The summed E-state index contributed by atoms with van der Waals surface area (Å²) in [7, 11) is 0. The Morgan fingerprint density at radius 1 is 1.27 bits per heavy atom. The van der Waals surface area contributed by atoms with Crippen LogP contribution in [-0.4, -0.2) is 38.5 Å². The summed E-state index contributed by atoms with van der Waals surface area (Å²) in [5.74, 6) is -0.411. The number of fused-ring (bicyclic) bond motifs is 3. The van der Waals surface area contributed by atoms with Gasteiger partial charge in [-0.2, -0.15) is 0 Å². The number of carbonyl (C=O) groups excluding carboxylic acids is 2. The molecule has 1 aromatic rings. The summed E-state index contributed by atoms with van der Waals surface area (Å²) in [6.07, 6.45) is 4.91. The van der Waals surface area contributed by atoms with Crippen LogP contribution in [0.25, 0.3) is 0 Å². The minimum Gasteiger partial charge on any atom is -0.458 e. The fraction of sp³-hybridized carbons (Fsp3) is 0.688. The lowest BCUT2D eigenvalue weighted by molar-refractivity contribution is -0.166. The maximum Gasteiger partial charge on any atom is 0.322 e. The average Bonchev–Trinajstić information content (AvgIpc) is 3.04. The molecule has 4 rings (SSSR count). The first kappa shape index (κ1) is 13.8. The Morgan fingerprint density at radius 2 is 2.05 bits per heavy atom. The standard InChI is InChI=1S/C16H21N3O3/c1-14(2)15(3)4-5-16(14,13(21)22-15)12(20)18-6-7-19-10-17-8-11(19)9-18/h8,10H,4-7,9H2,1-3H3/t15-,16+/m1/s1. The van der Waals surface area contributed by atoms with Gasteiger partial charge in [0.2, 0.25) is 5.91 Å². The highest BCUT2D eigenvalue weighted by molar-refractivity contribution is 6.06. The first-order valence-electron chi connectivity index (χ1n) is 7.84. The van der Waals surface area contributed by atoms with Gasteiger partial charge in [0.05, 0.1) is 18.6 Å². The molecule has 1 saturated heterocycles. The second-order valence-electron chi connectivity index (χ2n) is 7.46. The summed E-state index contributed by atoms with van der Waals surface area (Å²) >= 11 is 0. The van der Waals surface area contributed by atoms with E-state index in [4.69, 9.17) is 4.74 Å². The van der Waals surface area contributed by atoms with E-state index in [-0.39, 0.29) is 11.9 Å². The molecule has 0 radical (unpaired) electrons. The number of esters is 1. The number of carbonyl (C=O) groups is 2. The van der Waals surface area contributed by atoms with Gasteiger partial charge in [0.25, 0.3) is 0 Å². The Hall–Kier alpha value is -1.85. The Balaban J connectivity index is 1.70. The van der Waals surface area contributed by atoms with Gasteiger partial charge in [-0.25, -0.2) is 4.98 Å². The van der Waals surface area contributed by atoms with E-state index >= 15 is 0 Å². The smallest absolute Gasteiger partial charge is 0.322 e. The lowest BCUT2D eigenvalue weighted by atomic mass is 9.65. The third-order valence-electron chi connectivity index (χ3n) is 6.45. The van der Waals surface area contributed by atoms with Gasteiger partial charge in [-0.1, -0.05) is 13.8 Å². The zero-order valence-electron chi connectivity index (χ0n) is 13.3. The van der Waals surface area contributed by atoms with Crippen molar-refractivity contribution in [2.45, 2.75) is 52.3 Å². The second kappa shape index (κ2) is 3.91. The highest BCUT2D eigenvalue weighted by Crippen LogP contribution is 2.66. The van der Waals surface area contributed by atoms with Crippen molar-refractivity contribution in [3.05, 3.63) is 18.2 Å². The number of hydrogen-bond acceptors (Lipinski definition) is 4. The van der Waals surface area contributed by atoms with E-state index < -0.39 is 16.4 Å². The van der Waals surface area contributed by atoms with E-state index in [0.717, 1.165) is 18.7 Å². The molecule has 1 aliphatic carbocycles. The van der Waals surface area contributed by atoms with Crippen LogP contribution in [0.2, 0.25) is 0 Å². The average molecular weight is 303 g/mol. The summed E-state index contributed by atoms with van der Waals surface area (Å²) < 4.78 is 7.68. The van der Waals surface area contributed by atoms with E-state index in [9.17, 15) is 9.59 Å². The third-order valence-corrected chi connectivity index (χ3v) is 6.45. The molecule has 0 N–H and O–H groups in total. The molecule has 2 aliphatic heterocycles. The van der Waals surface area contributed by atoms with Crippen molar-refractivity contribution in [1.29, 1.82) is 0 Å². The van der Waals surface area contributed by atoms with Gasteiger partial charge in [0.15, 0.2) is 5.41 Å². The quantitative estimate of drug-likeness (QED) is 0.580. The van der Waals surface area contributed by atoms with E-state index in [1.54, 1.807) is 17.4 Å². The van der Waals surface area contributed by atoms with Crippen molar-refractivity contribution in [3.63, 3.8) is 0 Å². The maximum absolute atomic E-state index is 13.3. The van der Waals surface area contributed by atoms with Crippen LogP contribution in [0.3, 0.4) is 0 Å². The van der Waals surface area contributed by atoms with Crippen LogP contribution in [0.4, 0.5) is 0 Å². The highest BCUT2D eigenvalue weighted by atomic mass is 16.6. The number of nitrogens with zero attached hydrogens (tertiary/aromatic N) is 3. The molecule has 3 heterocycles. The Bertz CT molecular complexity index is 680. The SMILES string of the molecule is CC1(C)[C@]2(C(=O)N3CCn4cncc4C3)CC[C@@]1(C)OC2=O. The normalized spacial score (nSPS) is 35.4. The molecule has 3 aliphatic rings. The molecule has 2 bridgehead atoms. The Morgan fingerprint density at radius 3 is 2.68 bits per heavy atom. The number of rotatable bonds is 1. The largest absolute Gasteiger partial charge is 0.458 e. The van der Waals surface area contributed by atoms with Crippen molar-refractivity contribution in [2.75, 3.05) is 6.54 Å². The first-order chi connectivity index (χ1) is 10.3. The predicted molar refractivity (Wildman–Crippen MR) is 77.6 cm³/mol. The molecule has 0 unspecified atom stereocenters. The van der Waals surface area contributed by atoms with E-state index in [0.29, 0.717) is 19.5 Å². The predicted octanol–water partition coefficient (Wildman–Crippen LogP) is 1.35. The fourth-order valence-corrected chi connectivity index (χ4v) is 4.42. The van der Waals surface area contributed by atoms with E-state index in [2.05, 4.69) is 9.55 Å². The molecule has 2 atom stereocenters. The molecule has 22 heavy (non-hydrogen) atoms. The van der Waals surface area contributed by atoms with Crippen LogP contribution in [0.1, 0.15) is 39.3 Å². The Labute approximate surface area is 129 Å². The molecule has 1 amide bonds. The van der Waals surface area contributed by atoms with Crippen LogP contribution < -0.4 is 0 Å². The molecule has 118 valence electrons. The molecular formula is C16H21N3O3. The van der Waals surface area contributed by atoms with Gasteiger partial charge < -0.3 is 14.2 Å². The molecular weight excluding hydrogens is 282 g/mol. The minimum atomic E-state index is -1.02. The number of imidazole rings is 1. The number of aromatic nitrogens is 2. The van der Waals surface area contributed by atoms with Crippen LogP contribution in [-0.2, 0) is 27.4 Å². The first-order valence-corrected chi connectivity index (χ1v) is 7.84. The maximum atomic E-state index is 13.3. The van der Waals surface area contributed by atoms with Gasteiger partial charge in [-0.15, -0.1) is 0 Å². The van der Waals surface area contributed by atoms with E-state index in [1.165, 1.54) is 0 Å². The van der Waals surface area contributed by atoms with Crippen LogP contribution in [0.5, 0.6) is 0 Å². The van der Waals surface area contributed by atoms with Crippen molar-refractivity contribution < 1.29 is 14.3 Å². The fourth-order valence-electron chi connectivity index (χ4n) is 4.42. The van der Waals surface area contributed by atoms with Gasteiger partial charge in [-0.05, 0) is 19.8 Å². The number of amides is 1. The van der Waals surface area contributed by atoms with Crippen molar-refractivity contribution >= 4 is 11.9 Å². The van der Waals surface area contributed by atoms with Crippen molar-refractivity contribution in [3.8, 4) is 0 Å². The summed E-state index contributed by atoms with van der Waals surface area (Å²) in [6, 6.07) is 0. The topological polar surface area (TPSA) is 64.4 Å². The summed E-state index contributed by atoms with van der Waals surface area (Å²) in [6.45, 7) is 7.81. The molecule has 6 nitrogen and oxygen atoms in total. The highest BCUT2D eigenvalue weighted by Gasteiger charge is 2.76. The molecule has 1 aromatic heterocycles. The lowest BCUT2D eigenvalue weighted by Crippen LogP contribution is -2.53. The van der Waals surface area contributed by atoms with Gasteiger partial charge in [0, 0.05) is 24.7 Å². The van der Waals surface area contributed by atoms with Gasteiger partial charge >= 0.3 is 5.97 Å². The van der Waals surface area contributed by atoms with Crippen molar-refractivity contribution in [2.24, 2.45) is 10.8 Å². The van der Waals surface area contributed by atoms with Gasteiger partial charge in [0.1, 0.15) is 5.60 Å². The molecule has 0 aromatic carbocycles. The van der Waals surface area contributed by atoms with E-state index in [1.807, 2.05) is 20.8 Å². The monoisotopic (exact) mass is 303 g/mol. The molecule has 6 heteroatoms. The molecule has 1 saturated carbocycles. The summed E-state index contributed by atoms with van der Waals surface area (Å²) in [5.41, 5.74) is -1.02. The molecule has 2 fully saturated rings. The lowest BCUT2D eigenvalue weighted by Gasteiger charge is -2.39. The number of ether oxygens (including phenoxy) is 1. The van der Waals surface area contributed by atoms with Crippen molar-refractivity contribution in [1.82, 2.24) is 14.5 Å². The molecule has 0 spiro atoms. The summed E-state index contributed by atoms with van der Waals surface area (Å²) in [4.78, 5) is 31.8. The van der Waals surface area contributed by atoms with Gasteiger partial charge in [-0.3, -0.25) is 9.59 Å². The summed E-state index contributed by atoms with van der Waals surface area (Å²) in [5, 5.41) is 0. The van der Waals surface area contributed by atoms with Crippen LogP contribution in [0, 0.1) is 10.8 Å².